The van der Waals surface area contributed by atoms with Crippen LogP contribution >= 0.6 is 0 Å². The fourth-order valence-electron chi connectivity index (χ4n) is 2.21. The maximum absolute atomic E-state index is 4.70. The molecule has 2 heterocycles. The van der Waals surface area contributed by atoms with Crippen molar-refractivity contribution in [3.8, 4) is 0 Å². The van der Waals surface area contributed by atoms with Gasteiger partial charge in [-0.15, -0.1) is 0 Å². The number of imidazole rings is 1. The zero-order valence-electron chi connectivity index (χ0n) is 7.93. The van der Waals surface area contributed by atoms with E-state index in [1.807, 2.05) is 0 Å². The van der Waals surface area contributed by atoms with E-state index in [1.165, 1.54) is 30.1 Å². The minimum absolute atomic E-state index is 0.651. The number of hydrogen-bond donors (Lipinski definition) is 2. The van der Waals surface area contributed by atoms with Crippen LogP contribution in [0.3, 0.4) is 0 Å². The van der Waals surface area contributed by atoms with Crippen molar-refractivity contribution in [2.45, 2.75) is 31.6 Å². The van der Waals surface area contributed by atoms with Crippen molar-refractivity contribution in [2.75, 3.05) is 13.1 Å². The highest BCUT2D eigenvalue weighted by molar-refractivity contribution is 5.26. The third-order valence-electron chi connectivity index (χ3n) is 3.29. The molecule has 1 aliphatic carbocycles. The van der Waals surface area contributed by atoms with E-state index in [4.69, 9.17) is 4.98 Å². The van der Waals surface area contributed by atoms with Gasteiger partial charge in [-0.25, -0.2) is 4.98 Å². The van der Waals surface area contributed by atoms with E-state index in [0.29, 0.717) is 11.8 Å². The van der Waals surface area contributed by atoms with E-state index in [1.54, 1.807) is 0 Å². The summed E-state index contributed by atoms with van der Waals surface area (Å²) in [6, 6.07) is 0. The molecule has 0 saturated carbocycles. The number of hydrogen-bond acceptors (Lipinski definition) is 2. The monoisotopic (exact) mass is 177 g/mol. The summed E-state index contributed by atoms with van der Waals surface area (Å²) in [5.74, 6) is 2.54. The normalized spacial score (nSPS) is 27.3. The molecule has 1 aromatic rings. The molecule has 2 aliphatic rings. The number of aryl methyl sites for hydroxylation is 1. The minimum atomic E-state index is 0.651. The molecule has 1 aromatic heterocycles. The van der Waals surface area contributed by atoms with Crippen LogP contribution in [0.4, 0.5) is 0 Å². The Hall–Kier alpha value is -0.830. The topological polar surface area (TPSA) is 40.7 Å². The summed E-state index contributed by atoms with van der Waals surface area (Å²) in [6.07, 6.45) is 2.47. The average molecular weight is 177 g/mol. The molecule has 3 rings (SSSR count). The number of H-pyrrole nitrogens is 1. The summed E-state index contributed by atoms with van der Waals surface area (Å²) < 4.78 is 0. The van der Waals surface area contributed by atoms with Crippen LogP contribution in [0, 0.1) is 0 Å². The first-order chi connectivity index (χ1) is 6.34. The van der Waals surface area contributed by atoms with Crippen LogP contribution in [0.2, 0.25) is 0 Å². The molecule has 1 fully saturated rings. The Morgan fingerprint density at radius 3 is 2.85 bits per heavy atom. The van der Waals surface area contributed by atoms with E-state index in [0.717, 1.165) is 13.1 Å². The molecule has 3 nitrogen and oxygen atoms in total. The van der Waals surface area contributed by atoms with Crippen molar-refractivity contribution in [3.05, 3.63) is 17.2 Å². The molecule has 2 N–H and O–H groups in total. The first-order valence-electron chi connectivity index (χ1n) is 5.14. The van der Waals surface area contributed by atoms with E-state index in [-0.39, 0.29) is 0 Å². The number of aromatic amines is 1. The molecule has 0 aromatic carbocycles. The molecule has 1 aliphatic heterocycles. The van der Waals surface area contributed by atoms with Crippen LogP contribution < -0.4 is 5.32 Å². The zero-order valence-corrected chi connectivity index (χ0v) is 7.93. The standard InChI is InChI=1S/C10H15N3/c1-6-2-3-8-9(6)13-10(12-8)7-4-11-5-7/h6-7,11H,2-5H2,1H3,(H,12,13). The lowest BCUT2D eigenvalue weighted by molar-refractivity contribution is 0.431. The summed E-state index contributed by atoms with van der Waals surface area (Å²) in [6.45, 7) is 4.47. The fraction of sp³-hybridized carbons (Fsp3) is 0.700. The van der Waals surface area contributed by atoms with Gasteiger partial charge in [0.2, 0.25) is 0 Å². The number of nitrogens with one attached hydrogen (secondary N) is 2. The zero-order chi connectivity index (χ0) is 8.84. The van der Waals surface area contributed by atoms with Crippen LogP contribution in [0.1, 0.15) is 42.4 Å². The highest BCUT2D eigenvalue weighted by Crippen LogP contribution is 2.32. The molecule has 0 bridgehead atoms. The Morgan fingerprint density at radius 2 is 2.23 bits per heavy atom. The van der Waals surface area contributed by atoms with Gasteiger partial charge in [-0.3, -0.25) is 0 Å². The molecule has 1 saturated heterocycles. The van der Waals surface area contributed by atoms with Crippen molar-refractivity contribution in [3.63, 3.8) is 0 Å². The number of rotatable bonds is 1. The van der Waals surface area contributed by atoms with E-state index < -0.39 is 0 Å². The third-order valence-corrected chi connectivity index (χ3v) is 3.29. The van der Waals surface area contributed by atoms with Gasteiger partial charge in [0.25, 0.3) is 0 Å². The van der Waals surface area contributed by atoms with E-state index in [2.05, 4.69) is 17.2 Å². The molecule has 70 valence electrons. The van der Waals surface area contributed by atoms with Gasteiger partial charge in [-0.1, -0.05) is 6.92 Å². The molecule has 13 heavy (non-hydrogen) atoms. The smallest absolute Gasteiger partial charge is 0.112 e. The van der Waals surface area contributed by atoms with Gasteiger partial charge in [-0.2, -0.15) is 0 Å². The molecule has 0 spiro atoms. The highest BCUT2D eigenvalue weighted by atomic mass is 15.0. The first kappa shape index (κ1) is 7.56. The quantitative estimate of drug-likeness (QED) is 0.675. The van der Waals surface area contributed by atoms with E-state index >= 15 is 0 Å². The van der Waals surface area contributed by atoms with Gasteiger partial charge >= 0.3 is 0 Å². The Labute approximate surface area is 78.0 Å². The van der Waals surface area contributed by atoms with Gasteiger partial charge < -0.3 is 10.3 Å². The summed E-state index contributed by atoms with van der Waals surface area (Å²) in [5.41, 5.74) is 2.73. The second-order valence-corrected chi connectivity index (χ2v) is 4.28. The number of nitrogens with zero attached hydrogens (tertiary/aromatic N) is 1. The third kappa shape index (κ3) is 1.03. The molecule has 3 heteroatoms. The van der Waals surface area contributed by atoms with Gasteiger partial charge in [0.05, 0.1) is 5.69 Å². The molecule has 1 unspecified atom stereocenters. The van der Waals surface area contributed by atoms with Crippen molar-refractivity contribution in [1.29, 1.82) is 0 Å². The summed E-state index contributed by atoms with van der Waals surface area (Å²) in [7, 11) is 0. The average Bonchev–Trinajstić information content (AvgIpc) is 2.51. The Kier molecular flexibility index (Phi) is 1.50. The Bertz CT molecular complexity index is 325. The van der Waals surface area contributed by atoms with Crippen molar-refractivity contribution in [1.82, 2.24) is 15.3 Å². The number of fused-ring (bicyclic) bond motifs is 1. The predicted octanol–water partition coefficient (Wildman–Crippen LogP) is 1.15. The van der Waals surface area contributed by atoms with Crippen LogP contribution in [0.15, 0.2) is 0 Å². The largest absolute Gasteiger partial charge is 0.345 e. The fourth-order valence-corrected chi connectivity index (χ4v) is 2.21. The van der Waals surface area contributed by atoms with Crippen LogP contribution in [-0.4, -0.2) is 23.1 Å². The molecule has 0 radical (unpaired) electrons. The van der Waals surface area contributed by atoms with Crippen LogP contribution in [-0.2, 0) is 6.42 Å². The Balaban J connectivity index is 1.93. The molecular weight excluding hydrogens is 162 g/mol. The maximum Gasteiger partial charge on any atom is 0.112 e. The predicted molar refractivity (Wildman–Crippen MR) is 50.9 cm³/mol. The lowest BCUT2D eigenvalue weighted by Gasteiger charge is -2.25. The SMILES string of the molecule is CC1CCc2[nH]c(C3CNC3)nc21. The van der Waals surface area contributed by atoms with E-state index in [9.17, 15) is 0 Å². The Morgan fingerprint density at radius 1 is 1.38 bits per heavy atom. The lowest BCUT2D eigenvalue weighted by atomic mass is 10.0. The van der Waals surface area contributed by atoms with Gasteiger partial charge in [0, 0.05) is 30.6 Å². The van der Waals surface area contributed by atoms with Crippen molar-refractivity contribution in [2.24, 2.45) is 0 Å². The second-order valence-electron chi connectivity index (χ2n) is 4.28. The summed E-state index contributed by atoms with van der Waals surface area (Å²) in [5, 5.41) is 3.28. The second kappa shape index (κ2) is 2.58. The summed E-state index contributed by atoms with van der Waals surface area (Å²) >= 11 is 0. The minimum Gasteiger partial charge on any atom is -0.345 e. The van der Waals surface area contributed by atoms with Crippen LogP contribution in [0.5, 0.6) is 0 Å². The lowest BCUT2D eigenvalue weighted by Crippen LogP contribution is -2.40. The molecular formula is C10H15N3. The highest BCUT2D eigenvalue weighted by Gasteiger charge is 2.28. The van der Waals surface area contributed by atoms with Crippen molar-refractivity contribution < 1.29 is 0 Å². The molecule has 0 amide bonds. The van der Waals surface area contributed by atoms with Gasteiger partial charge in [-0.05, 0) is 12.8 Å². The molecule has 1 atom stereocenters. The summed E-state index contributed by atoms with van der Waals surface area (Å²) in [4.78, 5) is 8.17. The van der Waals surface area contributed by atoms with Crippen LogP contribution in [0.25, 0.3) is 0 Å². The van der Waals surface area contributed by atoms with Crippen molar-refractivity contribution >= 4 is 0 Å². The first-order valence-corrected chi connectivity index (χ1v) is 5.14. The van der Waals surface area contributed by atoms with Gasteiger partial charge in [0.1, 0.15) is 5.82 Å². The maximum atomic E-state index is 4.70. The number of aromatic nitrogens is 2. The van der Waals surface area contributed by atoms with Gasteiger partial charge in [0.15, 0.2) is 0 Å².